The second-order valence-electron chi connectivity index (χ2n) is 11.2. The highest BCUT2D eigenvalue weighted by Gasteiger charge is 2.60. The van der Waals surface area contributed by atoms with Gasteiger partial charge < -0.3 is 15.1 Å². The van der Waals surface area contributed by atoms with E-state index in [4.69, 9.17) is 4.84 Å². The number of nitrogens with zero attached hydrogens (tertiary/aromatic N) is 2. The molecule has 2 amide bonds. The molecule has 1 aliphatic heterocycles. The number of imide groups is 1. The first-order chi connectivity index (χ1) is 16.8. The van der Waals surface area contributed by atoms with Gasteiger partial charge in [0.1, 0.15) is 6.61 Å². The number of amides is 2. The molecule has 7 nitrogen and oxygen atoms in total. The maximum absolute atomic E-state index is 13.6. The Kier molecular flexibility index (Phi) is 8.48. The lowest BCUT2D eigenvalue weighted by atomic mass is 9.60. The van der Waals surface area contributed by atoms with E-state index in [9.17, 15) is 19.8 Å². The molecule has 3 aliphatic carbocycles. The van der Waals surface area contributed by atoms with E-state index in [0.29, 0.717) is 25.2 Å². The summed E-state index contributed by atoms with van der Waals surface area (Å²) in [6.07, 6.45) is 10.7. The van der Waals surface area contributed by atoms with E-state index < -0.39 is 24.0 Å². The van der Waals surface area contributed by atoms with E-state index >= 15 is 0 Å². The minimum atomic E-state index is -1.04. The number of hydrogen-bond donors (Lipinski definition) is 2. The average molecular weight is 487 g/mol. The van der Waals surface area contributed by atoms with Gasteiger partial charge in [-0.1, -0.05) is 41.6 Å². The van der Waals surface area contributed by atoms with Crippen LogP contribution in [0.25, 0.3) is 0 Å². The van der Waals surface area contributed by atoms with E-state index in [1.165, 1.54) is 16.0 Å². The number of carbonyl (C=O) groups excluding carboxylic acids is 2. The Morgan fingerprint density at radius 2 is 1.71 bits per heavy atom. The number of allylic oxidation sites excluding steroid dienone is 3. The van der Waals surface area contributed by atoms with Crippen LogP contribution in [-0.4, -0.2) is 57.5 Å². The Morgan fingerprint density at radius 1 is 1.00 bits per heavy atom. The molecule has 0 aromatic heterocycles. The van der Waals surface area contributed by atoms with Crippen molar-refractivity contribution in [1.82, 2.24) is 4.90 Å². The summed E-state index contributed by atoms with van der Waals surface area (Å²) >= 11 is 0. The SMILES string of the molecule is CC(C)=CCC/C(C)=C/CO/N=C1\C[C@@H](O)[C@@H](O)[C@@H]2[C@@H]3C(=O)N(C4CCCCC4)C(=O)[C@@H]3CC[C@H]12. The first kappa shape index (κ1) is 26.1. The molecule has 4 fully saturated rings. The zero-order valence-corrected chi connectivity index (χ0v) is 21.5. The van der Waals surface area contributed by atoms with E-state index in [1.54, 1.807) is 0 Å². The number of likely N-dealkylation sites (tertiary alicyclic amines) is 1. The number of aliphatic hydroxyl groups is 2. The molecule has 1 saturated heterocycles. The molecule has 0 unspecified atom stereocenters. The third kappa shape index (κ3) is 5.56. The summed E-state index contributed by atoms with van der Waals surface area (Å²) in [5, 5.41) is 26.0. The Bertz CT molecular complexity index is 884. The molecule has 4 rings (SSSR count). The van der Waals surface area contributed by atoms with Crippen molar-refractivity contribution in [2.24, 2.45) is 28.8 Å². The minimum absolute atomic E-state index is 0.0123. The zero-order chi connectivity index (χ0) is 25.1. The van der Waals surface area contributed by atoms with Crippen molar-refractivity contribution in [3.05, 3.63) is 23.3 Å². The van der Waals surface area contributed by atoms with Crippen molar-refractivity contribution in [2.75, 3.05) is 6.61 Å². The quantitative estimate of drug-likeness (QED) is 0.244. The predicted octanol–water partition coefficient (Wildman–Crippen LogP) is 4.14. The monoisotopic (exact) mass is 486 g/mol. The van der Waals surface area contributed by atoms with Crippen molar-refractivity contribution < 1.29 is 24.6 Å². The second kappa shape index (κ2) is 11.4. The molecular weight excluding hydrogens is 444 g/mol. The maximum atomic E-state index is 13.6. The molecule has 4 aliphatic rings. The maximum Gasteiger partial charge on any atom is 0.233 e. The molecule has 0 aromatic rings. The summed E-state index contributed by atoms with van der Waals surface area (Å²) in [6.45, 7) is 6.61. The molecule has 2 N–H and O–H groups in total. The molecule has 7 heteroatoms. The van der Waals surface area contributed by atoms with Gasteiger partial charge in [0, 0.05) is 24.3 Å². The number of fused-ring (bicyclic) bond motifs is 3. The number of rotatable bonds is 7. The fourth-order valence-electron chi connectivity index (χ4n) is 6.69. The topological polar surface area (TPSA) is 99.4 Å². The Balaban J connectivity index is 1.45. The van der Waals surface area contributed by atoms with Crippen molar-refractivity contribution in [2.45, 2.75) is 103 Å². The molecule has 0 radical (unpaired) electrons. The van der Waals surface area contributed by atoms with Gasteiger partial charge in [0.05, 0.1) is 29.8 Å². The van der Waals surface area contributed by atoms with Gasteiger partial charge >= 0.3 is 0 Å². The highest BCUT2D eigenvalue weighted by atomic mass is 16.6. The normalized spacial score (nSPS) is 35.2. The summed E-state index contributed by atoms with van der Waals surface area (Å²) in [6, 6.07) is -0.0123. The van der Waals surface area contributed by atoms with Gasteiger partial charge in [0.15, 0.2) is 0 Å². The lowest BCUT2D eigenvalue weighted by molar-refractivity contribution is -0.145. The van der Waals surface area contributed by atoms with Crippen LogP contribution in [0, 0.1) is 23.7 Å². The van der Waals surface area contributed by atoms with Crippen molar-refractivity contribution in [3.63, 3.8) is 0 Å². The molecule has 6 atom stereocenters. The highest BCUT2D eigenvalue weighted by Crippen LogP contribution is 2.50. The van der Waals surface area contributed by atoms with Crippen molar-refractivity contribution >= 4 is 17.5 Å². The number of aliphatic hydroxyl groups excluding tert-OH is 2. The van der Waals surface area contributed by atoms with Gasteiger partial charge in [-0.2, -0.15) is 0 Å². The van der Waals surface area contributed by atoms with Crippen LogP contribution < -0.4 is 0 Å². The van der Waals surface area contributed by atoms with E-state index in [0.717, 1.165) is 44.9 Å². The summed E-state index contributed by atoms with van der Waals surface area (Å²) in [4.78, 5) is 34.0. The molecular formula is C28H42N2O5. The molecule has 0 spiro atoms. The third-order valence-corrected chi connectivity index (χ3v) is 8.53. The minimum Gasteiger partial charge on any atom is -0.392 e. The molecule has 1 heterocycles. The zero-order valence-electron chi connectivity index (χ0n) is 21.5. The van der Waals surface area contributed by atoms with Crippen LogP contribution >= 0.6 is 0 Å². The van der Waals surface area contributed by atoms with Crippen molar-refractivity contribution in [1.29, 1.82) is 0 Å². The van der Waals surface area contributed by atoms with Crippen LogP contribution in [0.4, 0.5) is 0 Å². The average Bonchev–Trinajstić information content (AvgIpc) is 3.09. The first-order valence-corrected chi connectivity index (χ1v) is 13.5. The van der Waals surface area contributed by atoms with Gasteiger partial charge in [0.2, 0.25) is 11.8 Å². The lowest BCUT2D eigenvalue weighted by Gasteiger charge is -2.45. The van der Waals surface area contributed by atoms with Gasteiger partial charge in [-0.15, -0.1) is 0 Å². The fraction of sp³-hybridized carbons (Fsp3) is 0.750. The fourth-order valence-corrected chi connectivity index (χ4v) is 6.69. The van der Waals surface area contributed by atoms with Crippen LogP contribution in [0.1, 0.15) is 85.0 Å². The number of oxime groups is 1. The first-order valence-electron chi connectivity index (χ1n) is 13.5. The largest absolute Gasteiger partial charge is 0.392 e. The van der Waals surface area contributed by atoms with Gasteiger partial charge in [-0.05, 0) is 65.4 Å². The standard InChI is InChI=1S/C28H42N2O5/c1-17(2)8-7-9-18(3)14-15-35-29-22-16-23(31)26(32)24-20(22)12-13-21-25(24)28(34)30(27(21)33)19-10-5-4-6-11-19/h8,14,19-21,23-26,31-32H,4-7,9-13,15-16H2,1-3H3/b18-14+,29-22+/t20-,21-,23-,24+,25-,26-/m1/s1. The lowest BCUT2D eigenvalue weighted by Crippen LogP contribution is -2.54. The van der Waals surface area contributed by atoms with Crippen molar-refractivity contribution in [3.8, 4) is 0 Å². The van der Waals surface area contributed by atoms with Gasteiger partial charge in [-0.25, -0.2) is 0 Å². The second-order valence-corrected chi connectivity index (χ2v) is 11.2. The number of carbonyl (C=O) groups is 2. The summed E-state index contributed by atoms with van der Waals surface area (Å²) in [5.41, 5.74) is 3.25. The molecule has 194 valence electrons. The van der Waals surface area contributed by atoms with Gasteiger partial charge in [-0.3, -0.25) is 14.5 Å². The van der Waals surface area contributed by atoms with Gasteiger partial charge in [0.25, 0.3) is 0 Å². The molecule has 3 saturated carbocycles. The van der Waals surface area contributed by atoms with Crippen LogP contribution in [0.5, 0.6) is 0 Å². The summed E-state index contributed by atoms with van der Waals surface area (Å²) in [5.74, 6) is -1.83. The van der Waals surface area contributed by atoms with E-state index in [1.807, 2.05) is 6.08 Å². The Morgan fingerprint density at radius 3 is 2.43 bits per heavy atom. The van der Waals surface area contributed by atoms with Crippen LogP contribution in [0.3, 0.4) is 0 Å². The third-order valence-electron chi connectivity index (χ3n) is 8.53. The van der Waals surface area contributed by atoms with E-state index in [2.05, 4.69) is 32.0 Å². The predicted molar refractivity (Wildman–Crippen MR) is 134 cm³/mol. The molecule has 0 aromatic carbocycles. The van der Waals surface area contributed by atoms with Crippen LogP contribution in [-0.2, 0) is 14.4 Å². The smallest absolute Gasteiger partial charge is 0.233 e. The van der Waals surface area contributed by atoms with Crippen LogP contribution in [0.15, 0.2) is 28.5 Å². The summed E-state index contributed by atoms with van der Waals surface area (Å²) in [7, 11) is 0. The highest BCUT2D eigenvalue weighted by molar-refractivity contribution is 6.06. The molecule has 0 bridgehead atoms. The van der Waals surface area contributed by atoms with Crippen LogP contribution in [0.2, 0.25) is 0 Å². The Labute approximate surface area is 209 Å². The number of hydrogen-bond acceptors (Lipinski definition) is 6. The Hall–Kier alpha value is -1.99. The summed E-state index contributed by atoms with van der Waals surface area (Å²) < 4.78 is 0. The molecule has 35 heavy (non-hydrogen) atoms. The van der Waals surface area contributed by atoms with E-state index in [-0.39, 0.29) is 36.1 Å².